The Morgan fingerprint density at radius 3 is 2.53 bits per heavy atom. The lowest BCUT2D eigenvalue weighted by Gasteiger charge is -2.33. The van der Waals surface area contributed by atoms with Gasteiger partial charge in [0.25, 0.3) is 0 Å². The number of rotatable bonds is 4. The average Bonchev–Trinajstić information content (AvgIpc) is 2.29. The SMILES string of the molecule is CCCCNC(=S)N1CC[NH+](CC)CC1. The summed E-state index contributed by atoms with van der Waals surface area (Å²) >= 11 is 5.37. The summed E-state index contributed by atoms with van der Waals surface area (Å²) in [6.07, 6.45) is 2.43. The van der Waals surface area contributed by atoms with Gasteiger partial charge in [0.15, 0.2) is 5.11 Å². The molecule has 0 unspecified atom stereocenters. The zero-order chi connectivity index (χ0) is 11.1. The van der Waals surface area contributed by atoms with Gasteiger partial charge in [-0.25, -0.2) is 0 Å². The maximum Gasteiger partial charge on any atom is 0.169 e. The highest BCUT2D eigenvalue weighted by atomic mass is 32.1. The number of unbranched alkanes of at least 4 members (excludes halogenated alkanes) is 1. The molecule has 15 heavy (non-hydrogen) atoms. The van der Waals surface area contributed by atoms with Crippen LogP contribution in [0.5, 0.6) is 0 Å². The minimum absolute atomic E-state index is 0.957. The van der Waals surface area contributed by atoms with Crippen LogP contribution in [-0.2, 0) is 0 Å². The molecular formula is C11H24N3S+. The second-order valence-electron chi connectivity index (χ2n) is 4.18. The summed E-state index contributed by atoms with van der Waals surface area (Å²) in [6.45, 7) is 11.4. The van der Waals surface area contributed by atoms with Crippen LogP contribution in [0.25, 0.3) is 0 Å². The third-order valence-corrected chi connectivity index (χ3v) is 3.47. The molecule has 2 N–H and O–H groups in total. The zero-order valence-electron chi connectivity index (χ0n) is 10.0. The number of thiocarbonyl (C=S) groups is 1. The smallest absolute Gasteiger partial charge is 0.169 e. The lowest BCUT2D eigenvalue weighted by molar-refractivity contribution is -0.902. The monoisotopic (exact) mass is 230 g/mol. The molecule has 0 atom stereocenters. The van der Waals surface area contributed by atoms with Crippen LogP contribution in [0.15, 0.2) is 0 Å². The van der Waals surface area contributed by atoms with Crippen molar-refractivity contribution in [3.05, 3.63) is 0 Å². The first-order valence-corrected chi connectivity index (χ1v) is 6.55. The molecule has 0 bridgehead atoms. The van der Waals surface area contributed by atoms with Crippen LogP contribution in [0.1, 0.15) is 26.7 Å². The van der Waals surface area contributed by atoms with Gasteiger partial charge in [-0.15, -0.1) is 0 Å². The predicted molar refractivity (Wildman–Crippen MR) is 68.3 cm³/mol. The van der Waals surface area contributed by atoms with E-state index in [4.69, 9.17) is 12.2 Å². The van der Waals surface area contributed by atoms with E-state index in [0.717, 1.165) is 24.7 Å². The van der Waals surface area contributed by atoms with Crippen molar-refractivity contribution in [2.45, 2.75) is 26.7 Å². The molecule has 1 fully saturated rings. The highest BCUT2D eigenvalue weighted by Gasteiger charge is 2.19. The molecule has 4 heteroatoms. The second-order valence-corrected chi connectivity index (χ2v) is 4.56. The van der Waals surface area contributed by atoms with Gasteiger partial charge in [0.1, 0.15) is 0 Å². The molecule has 88 valence electrons. The number of hydrogen-bond acceptors (Lipinski definition) is 1. The summed E-state index contributed by atoms with van der Waals surface area (Å²) in [5, 5.41) is 4.29. The molecule has 1 aliphatic heterocycles. The minimum Gasteiger partial charge on any atom is -0.363 e. The van der Waals surface area contributed by atoms with E-state index in [9.17, 15) is 0 Å². The molecule has 1 rings (SSSR count). The van der Waals surface area contributed by atoms with Gasteiger partial charge in [-0.3, -0.25) is 0 Å². The van der Waals surface area contributed by atoms with Gasteiger partial charge in [0, 0.05) is 6.54 Å². The van der Waals surface area contributed by atoms with E-state index in [2.05, 4.69) is 24.1 Å². The molecule has 1 aliphatic rings. The van der Waals surface area contributed by atoms with Gasteiger partial charge in [0.2, 0.25) is 0 Å². The van der Waals surface area contributed by atoms with Gasteiger partial charge in [-0.1, -0.05) is 13.3 Å². The van der Waals surface area contributed by atoms with E-state index >= 15 is 0 Å². The second kappa shape index (κ2) is 7.01. The van der Waals surface area contributed by atoms with Crippen LogP contribution in [0.4, 0.5) is 0 Å². The first kappa shape index (κ1) is 12.7. The van der Waals surface area contributed by atoms with Crippen LogP contribution in [0, 0.1) is 0 Å². The summed E-state index contributed by atoms with van der Waals surface area (Å²) in [4.78, 5) is 4.01. The molecule has 0 amide bonds. The van der Waals surface area contributed by atoms with Gasteiger partial charge in [-0.05, 0) is 25.6 Å². The first-order chi connectivity index (χ1) is 7.27. The highest BCUT2D eigenvalue weighted by Crippen LogP contribution is 1.92. The van der Waals surface area contributed by atoms with E-state index in [1.165, 1.54) is 32.5 Å². The summed E-state index contributed by atoms with van der Waals surface area (Å²) < 4.78 is 0. The third kappa shape index (κ3) is 4.34. The molecule has 0 aliphatic carbocycles. The Bertz CT molecular complexity index is 188. The van der Waals surface area contributed by atoms with E-state index in [0.29, 0.717) is 0 Å². The van der Waals surface area contributed by atoms with Crippen molar-refractivity contribution in [3.8, 4) is 0 Å². The van der Waals surface area contributed by atoms with Crippen LogP contribution in [-0.4, -0.2) is 49.3 Å². The maximum absolute atomic E-state index is 5.37. The molecule has 0 aromatic carbocycles. The van der Waals surface area contributed by atoms with Crippen molar-refractivity contribution in [3.63, 3.8) is 0 Å². The Morgan fingerprint density at radius 1 is 1.33 bits per heavy atom. The third-order valence-electron chi connectivity index (χ3n) is 3.06. The number of hydrogen-bond donors (Lipinski definition) is 2. The van der Waals surface area contributed by atoms with E-state index in [-0.39, 0.29) is 0 Å². The molecular weight excluding hydrogens is 206 g/mol. The highest BCUT2D eigenvalue weighted by molar-refractivity contribution is 7.80. The molecule has 0 aromatic heterocycles. The predicted octanol–water partition coefficient (Wildman–Crippen LogP) is -0.119. The Morgan fingerprint density at radius 2 is 2.00 bits per heavy atom. The summed E-state index contributed by atoms with van der Waals surface area (Å²) in [5.74, 6) is 0. The van der Waals surface area contributed by atoms with Gasteiger partial charge >= 0.3 is 0 Å². The zero-order valence-corrected chi connectivity index (χ0v) is 10.8. The van der Waals surface area contributed by atoms with Crippen LogP contribution in [0.3, 0.4) is 0 Å². The number of nitrogens with zero attached hydrogens (tertiary/aromatic N) is 1. The summed E-state index contributed by atoms with van der Waals surface area (Å²) in [6, 6.07) is 0. The van der Waals surface area contributed by atoms with Gasteiger partial charge < -0.3 is 15.1 Å². The fraction of sp³-hybridized carbons (Fsp3) is 0.909. The number of quaternary nitrogens is 1. The van der Waals surface area contributed by atoms with Crippen molar-refractivity contribution in [1.82, 2.24) is 10.2 Å². The van der Waals surface area contributed by atoms with Crippen molar-refractivity contribution < 1.29 is 4.90 Å². The van der Waals surface area contributed by atoms with Crippen LogP contribution < -0.4 is 10.2 Å². The average molecular weight is 230 g/mol. The molecule has 3 nitrogen and oxygen atoms in total. The van der Waals surface area contributed by atoms with E-state index in [1.807, 2.05) is 0 Å². The molecule has 1 heterocycles. The largest absolute Gasteiger partial charge is 0.363 e. The summed E-state index contributed by atoms with van der Waals surface area (Å²) in [7, 11) is 0. The molecule has 0 saturated carbocycles. The lowest BCUT2D eigenvalue weighted by Crippen LogP contribution is -3.14. The fourth-order valence-electron chi connectivity index (χ4n) is 1.86. The van der Waals surface area contributed by atoms with Crippen molar-refractivity contribution >= 4 is 17.3 Å². The van der Waals surface area contributed by atoms with Gasteiger partial charge in [-0.2, -0.15) is 0 Å². The Labute approximate surface area is 98.8 Å². The van der Waals surface area contributed by atoms with Gasteiger partial charge in [0.05, 0.1) is 32.7 Å². The lowest BCUT2D eigenvalue weighted by atomic mass is 10.3. The van der Waals surface area contributed by atoms with Crippen LogP contribution >= 0.6 is 12.2 Å². The number of piperazine rings is 1. The normalized spacial score (nSPS) is 17.9. The standard InChI is InChI=1S/C11H23N3S/c1-3-5-6-12-11(15)14-9-7-13(4-2)8-10-14/h3-10H2,1-2H3,(H,12,15)/p+1. The Hall–Kier alpha value is -0.350. The summed E-state index contributed by atoms with van der Waals surface area (Å²) in [5.41, 5.74) is 0. The Balaban J connectivity index is 2.18. The number of nitrogens with one attached hydrogen (secondary N) is 2. The molecule has 0 radical (unpaired) electrons. The van der Waals surface area contributed by atoms with Crippen LogP contribution in [0.2, 0.25) is 0 Å². The topological polar surface area (TPSA) is 19.7 Å². The van der Waals surface area contributed by atoms with E-state index < -0.39 is 0 Å². The fourth-order valence-corrected chi connectivity index (χ4v) is 2.15. The molecule has 0 aromatic rings. The number of likely N-dealkylation sites (N-methyl/N-ethyl adjacent to an activating group) is 1. The molecule has 1 saturated heterocycles. The Kier molecular flexibility index (Phi) is 5.95. The van der Waals surface area contributed by atoms with Crippen molar-refractivity contribution in [1.29, 1.82) is 0 Å². The van der Waals surface area contributed by atoms with Crippen molar-refractivity contribution in [2.24, 2.45) is 0 Å². The first-order valence-electron chi connectivity index (χ1n) is 6.14. The van der Waals surface area contributed by atoms with E-state index in [1.54, 1.807) is 4.90 Å². The molecule has 0 spiro atoms. The van der Waals surface area contributed by atoms with Crippen molar-refractivity contribution in [2.75, 3.05) is 39.3 Å². The quantitative estimate of drug-likeness (QED) is 0.519. The minimum atomic E-state index is 0.957. The maximum atomic E-state index is 5.37.